The fraction of sp³-hybridized carbons (Fsp3) is 0.680. The molecule has 7 heteroatoms. The molecule has 176 valence electrons. The SMILES string of the molecule is Cc1c(NC(=O)C2(F)CCCC2)ccc(F)c1CN1CCN(C(=O)C2CCCC2)[C@@H](C)C1. The summed E-state index contributed by atoms with van der Waals surface area (Å²) in [5.41, 5.74) is -0.195. The van der Waals surface area contributed by atoms with E-state index in [9.17, 15) is 18.4 Å². The summed E-state index contributed by atoms with van der Waals surface area (Å²) in [6, 6.07) is 2.95. The predicted octanol–water partition coefficient (Wildman–Crippen LogP) is 4.58. The number of nitrogens with zero attached hydrogens (tertiary/aromatic N) is 2. The monoisotopic (exact) mass is 447 g/mol. The van der Waals surface area contributed by atoms with Gasteiger partial charge in [0.05, 0.1) is 0 Å². The van der Waals surface area contributed by atoms with Gasteiger partial charge in [-0.1, -0.05) is 12.8 Å². The Morgan fingerprint density at radius 2 is 1.81 bits per heavy atom. The molecule has 2 amide bonds. The summed E-state index contributed by atoms with van der Waals surface area (Å²) in [7, 11) is 0. The van der Waals surface area contributed by atoms with Crippen molar-refractivity contribution in [2.24, 2.45) is 5.92 Å². The van der Waals surface area contributed by atoms with Gasteiger partial charge in [0, 0.05) is 49.4 Å². The first kappa shape index (κ1) is 23.1. The lowest BCUT2D eigenvalue weighted by Gasteiger charge is -2.41. The lowest BCUT2D eigenvalue weighted by atomic mass is 10.0. The molecule has 2 saturated carbocycles. The fourth-order valence-corrected chi connectivity index (χ4v) is 5.59. The van der Waals surface area contributed by atoms with E-state index in [2.05, 4.69) is 17.1 Å². The second kappa shape index (κ2) is 9.46. The summed E-state index contributed by atoms with van der Waals surface area (Å²) < 4.78 is 29.5. The van der Waals surface area contributed by atoms with E-state index >= 15 is 0 Å². The number of hydrogen-bond donors (Lipinski definition) is 1. The van der Waals surface area contributed by atoms with Gasteiger partial charge in [-0.05, 0) is 70.1 Å². The molecule has 1 aromatic carbocycles. The van der Waals surface area contributed by atoms with Gasteiger partial charge in [0.2, 0.25) is 5.91 Å². The van der Waals surface area contributed by atoms with E-state index in [1.165, 1.54) is 12.1 Å². The highest BCUT2D eigenvalue weighted by Crippen LogP contribution is 2.35. The molecular weight excluding hydrogens is 412 g/mol. The molecule has 1 heterocycles. The van der Waals surface area contributed by atoms with Crippen molar-refractivity contribution in [1.82, 2.24) is 9.80 Å². The third-order valence-corrected chi connectivity index (χ3v) is 7.67. The van der Waals surface area contributed by atoms with Gasteiger partial charge in [0.15, 0.2) is 5.67 Å². The Hall–Kier alpha value is -2.02. The van der Waals surface area contributed by atoms with Crippen molar-refractivity contribution in [2.45, 2.75) is 83.5 Å². The summed E-state index contributed by atoms with van der Waals surface area (Å²) in [4.78, 5) is 29.5. The molecule has 3 aliphatic rings. The summed E-state index contributed by atoms with van der Waals surface area (Å²) >= 11 is 0. The highest BCUT2D eigenvalue weighted by Gasteiger charge is 2.41. The molecule has 0 spiro atoms. The minimum Gasteiger partial charge on any atom is -0.337 e. The number of carbonyl (C=O) groups is 2. The summed E-state index contributed by atoms with van der Waals surface area (Å²) in [5.74, 6) is -0.506. The minimum absolute atomic E-state index is 0.0804. The molecule has 0 unspecified atom stereocenters. The first-order valence-electron chi connectivity index (χ1n) is 12.1. The van der Waals surface area contributed by atoms with Gasteiger partial charge in [0.25, 0.3) is 5.91 Å². The van der Waals surface area contributed by atoms with E-state index < -0.39 is 11.6 Å². The van der Waals surface area contributed by atoms with Crippen molar-refractivity contribution in [3.8, 4) is 0 Å². The molecule has 1 N–H and O–H groups in total. The molecule has 0 aromatic heterocycles. The molecular formula is C25H35F2N3O2. The van der Waals surface area contributed by atoms with E-state index in [0.717, 1.165) is 25.7 Å². The topological polar surface area (TPSA) is 52.7 Å². The van der Waals surface area contributed by atoms with Crippen molar-refractivity contribution in [1.29, 1.82) is 0 Å². The van der Waals surface area contributed by atoms with Crippen LogP contribution in [0.5, 0.6) is 0 Å². The van der Waals surface area contributed by atoms with E-state index in [1.54, 1.807) is 6.92 Å². The summed E-state index contributed by atoms with van der Waals surface area (Å²) in [5, 5.41) is 2.71. The molecule has 1 aromatic rings. The second-order valence-corrected chi connectivity index (χ2v) is 9.92. The summed E-state index contributed by atoms with van der Waals surface area (Å²) in [6.07, 6.45) is 6.18. The maximum Gasteiger partial charge on any atom is 0.262 e. The van der Waals surface area contributed by atoms with Crippen LogP contribution in [0.4, 0.5) is 14.5 Å². The van der Waals surface area contributed by atoms with Gasteiger partial charge >= 0.3 is 0 Å². The standard InChI is InChI=1S/C25H35F2N3O2/c1-17-15-29(13-14-30(17)23(31)19-7-3-4-8-19)16-20-18(2)22(10-9-21(20)26)28-24(32)25(27)11-5-6-12-25/h9-10,17,19H,3-8,11-16H2,1-2H3,(H,28,32)/t17-/m0/s1. The third-order valence-electron chi connectivity index (χ3n) is 7.67. The van der Waals surface area contributed by atoms with Crippen LogP contribution in [0.2, 0.25) is 0 Å². The van der Waals surface area contributed by atoms with Crippen LogP contribution in [0.15, 0.2) is 12.1 Å². The minimum atomic E-state index is -1.82. The van der Waals surface area contributed by atoms with Crippen LogP contribution in [0, 0.1) is 18.7 Å². The van der Waals surface area contributed by atoms with Crippen molar-refractivity contribution in [2.75, 3.05) is 25.0 Å². The molecule has 5 nitrogen and oxygen atoms in total. The smallest absolute Gasteiger partial charge is 0.262 e. The van der Waals surface area contributed by atoms with E-state index in [4.69, 9.17) is 0 Å². The van der Waals surface area contributed by atoms with Crippen LogP contribution in [0.25, 0.3) is 0 Å². The molecule has 2 aliphatic carbocycles. The average molecular weight is 448 g/mol. The lowest BCUT2D eigenvalue weighted by Crippen LogP contribution is -2.54. The molecule has 1 aliphatic heterocycles. The van der Waals surface area contributed by atoms with Crippen LogP contribution in [0.1, 0.15) is 69.4 Å². The maximum atomic E-state index is 14.8. The first-order valence-corrected chi connectivity index (χ1v) is 12.1. The molecule has 0 bridgehead atoms. The molecule has 1 saturated heterocycles. The number of piperazine rings is 1. The number of anilines is 1. The summed E-state index contributed by atoms with van der Waals surface area (Å²) in [6.45, 7) is 6.25. The highest BCUT2D eigenvalue weighted by molar-refractivity contribution is 5.98. The average Bonchev–Trinajstić information content (AvgIpc) is 3.45. The Labute approximate surface area is 189 Å². The number of carbonyl (C=O) groups excluding carboxylic acids is 2. The number of nitrogens with one attached hydrogen (secondary N) is 1. The van der Waals surface area contributed by atoms with Gasteiger partial charge in [-0.3, -0.25) is 14.5 Å². The van der Waals surface area contributed by atoms with E-state index in [1.807, 2.05) is 4.90 Å². The normalized spacial score (nSPS) is 24.1. The third kappa shape index (κ3) is 4.68. The highest BCUT2D eigenvalue weighted by atomic mass is 19.1. The van der Waals surface area contributed by atoms with Crippen LogP contribution in [0.3, 0.4) is 0 Å². The molecule has 4 rings (SSSR count). The Morgan fingerprint density at radius 1 is 1.12 bits per heavy atom. The number of hydrogen-bond acceptors (Lipinski definition) is 3. The number of halogens is 2. The molecule has 32 heavy (non-hydrogen) atoms. The van der Waals surface area contributed by atoms with Gasteiger partial charge in [-0.25, -0.2) is 8.78 Å². The van der Waals surface area contributed by atoms with E-state index in [0.29, 0.717) is 55.8 Å². The quantitative estimate of drug-likeness (QED) is 0.719. The van der Waals surface area contributed by atoms with Gasteiger partial charge in [-0.2, -0.15) is 0 Å². The molecule has 0 radical (unpaired) electrons. The maximum absolute atomic E-state index is 14.8. The predicted molar refractivity (Wildman–Crippen MR) is 120 cm³/mol. The Bertz CT molecular complexity index is 863. The van der Waals surface area contributed by atoms with Gasteiger partial charge in [0.1, 0.15) is 5.82 Å². The second-order valence-electron chi connectivity index (χ2n) is 9.92. The van der Waals surface area contributed by atoms with E-state index in [-0.39, 0.29) is 36.5 Å². The number of rotatable bonds is 5. The first-order chi connectivity index (χ1) is 15.3. The van der Waals surface area contributed by atoms with Crippen molar-refractivity contribution in [3.63, 3.8) is 0 Å². The Balaban J connectivity index is 1.41. The van der Waals surface area contributed by atoms with Crippen molar-refractivity contribution < 1.29 is 18.4 Å². The number of benzene rings is 1. The van der Waals surface area contributed by atoms with Crippen LogP contribution in [-0.4, -0.2) is 53.0 Å². The Morgan fingerprint density at radius 3 is 2.47 bits per heavy atom. The van der Waals surface area contributed by atoms with Crippen molar-refractivity contribution in [3.05, 3.63) is 29.1 Å². The van der Waals surface area contributed by atoms with Crippen LogP contribution in [-0.2, 0) is 16.1 Å². The zero-order chi connectivity index (χ0) is 22.9. The van der Waals surface area contributed by atoms with Gasteiger partial charge < -0.3 is 10.2 Å². The van der Waals surface area contributed by atoms with Crippen LogP contribution >= 0.6 is 0 Å². The van der Waals surface area contributed by atoms with Crippen molar-refractivity contribution >= 4 is 17.5 Å². The zero-order valence-corrected chi connectivity index (χ0v) is 19.3. The lowest BCUT2D eigenvalue weighted by molar-refractivity contribution is -0.140. The van der Waals surface area contributed by atoms with Crippen LogP contribution < -0.4 is 5.32 Å². The Kier molecular flexibility index (Phi) is 6.84. The number of amides is 2. The molecule has 1 atom stereocenters. The molecule has 3 fully saturated rings. The fourth-order valence-electron chi connectivity index (χ4n) is 5.59. The zero-order valence-electron chi connectivity index (χ0n) is 19.3. The largest absolute Gasteiger partial charge is 0.337 e. The number of alkyl halides is 1. The van der Waals surface area contributed by atoms with Gasteiger partial charge in [-0.15, -0.1) is 0 Å².